The molecule has 0 aromatic carbocycles. The molecule has 0 saturated heterocycles. The number of aromatic nitrogens is 2. The molecule has 0 bridgehead atoms. The van der Waals surface area contributed by atoms with Crippen molar-refractivity contribution in [2.45, 2.75) is 13.0 Å². The summed E-state index contributed by atoms with van der Waals surface area (Å²) >= 11 is 1.36. The van der Waals surface area contributed by atoms with Gasteiger partial charge in [0.1, 0.15) is 0 Å². The number of nitrogens with zero attached hydrogens (tertiary/aromatic N) is 2. The third-order valence-corrected chi connectivity index (χ3v) is 3.79. The summed E-state index contributed by atoms with van der Waals surface area (Å²) in [5.41, 5.74) is 6.17. The lowest BCUT2D eigenvalue weighted by Crippen LogP contribution is -2.14. The van der Waals surface area contributed by atoms with Gasteiger partial charge < -0.3 is 10.5 Å². The maximum absolute atomic E-state index is 11.1. The number of ether oxygens (including phenoxy) is 1. The van der Waals surface area contributed by atoms with E-state index in [-0.39, 0.29) is 0 Å². The van der Waals surface area contributed by atoms with Crippen molar-refractivity contribution in [3.8, 4) is 16.3 Å². The summed E-state index contributed by atoms with van der Waals surface area (Å²) in [4.78, 5) is 12.6. The minimum atomic E-state index is -0.400. The third-order valence-electron chi connectivity index (χ3n) is 2.66. The molecule has 3 rings (SSSR count). The van der Waals surface area contributed by atoms with Gasteiger partial charge in [-0.2, -0.15) is 5.10 Å². The topological polar surface area (TPSA) is 70.1 Å². The normalized spacial score (nSPS) is 14.1. The Labute approximate surface area is 102 Å². The maximum atomic E-state index is 11.1. The minimum absolute atomic E-state index is 0.400. The Balaban J connectivity index is 2.03. The molecule has 3 heterocycles. The number of hydrogen-bond donors (Lipinski definition) is 1. The molecule has 1 aliphatic heterocycles. The smallest absolute Gasteiger partial charge is 0.258 e. The monoisotopic (exact) mass is 249 g/mol. The van der Waals surface area contributed by atoms with E-state index in [1.54, 1.807) is 12.3 Å². The first-order valence-corrected chi connectivity index (χ1v) is 6.16. The second kappa shape index (κ2) is 3.89. The molecule has 1 amide bonds. The Morgan fingerprint density at radius 3 is 3.18 bits per heavy atom. The number of thiophene rings is 1. The molecule has 2 aromatic rings. The van der Waals surface area contributed by atoms with E-state index < -0.39 is 5.91 Å². The van der Waals surface area contributed by atoms with Crippen LogP contribution in [0.25, 0.3) is 10.4 Å². The maximum Gasteiger partial charge on any atom is 0.258 e. The third kappa shape index (κ3) is 1.70. The van der Waals surface area contributed by atoms with E-state index in [1.165, 1.54) is 11.3 Å². The predicted octanol–water partition coefficient (Wildman–Crippen LogP) is 1.49. The predicted molar refractivity (Wildman–Crippen MR) is 64.2 cm³/mol. The first-order valence-electron chi connectivity index (χ1n) is 5.34. The summed E-state index contributed by atoms with van der Waals surface area (Å²) < 4.78 is 7.46. The molecule has 0 unspecified atom stereocenters. The van der Waals surface area contributed by atoms with E-state index in [0.717, 1.165) is 29.3 Å². The molecule has 6 heteroatoms. The molecule has 0 atom stereocenters. The number of carbonyl (C=O) groups is 1. The van der Waals surface area contributed by atoms with Crippen molar-refractivity contribution >= 4 is 17.2 Å². The Morgan fingerprint density at radius 1 is 1.53 bits per heavy atom. The van der Waals surface area contributed by atoms with E-state index in [2.05, 4.69) is 5.10 Å². The molecule has 88 valence electrons. The highest BCUT2D eigenvalue weighted by Gasteiger charge is 2.19. The van der Waals surface area contributed by atoms with Crippen molar-refractivity contribution in [3.63, 3.8) is 0 Å². The minimum Gasteiger partial charge on any atom is -0.477 e. The van der Waals surface area contributed by atoms with Crippen LogP contribution >= 0.6 is 11.3 Å². The Morgan fingerprint density at radius 2 is 2.41 bits per heavy atom. The summed E-state index contributed by atoms with van der Waals surface area (Å²) in [6, 6.07) is 3.61. The van der Waals surface area contributed by atoms with Crippen LogP contribution < -0.4 is 10.5 Å². The highest BCUT2D eigenvalue weighted by atomic mass is 32.1. The van der Waals surface area contributed by atoms with Crippen molar-refractivity contribution < 1.29 is 9.53 Å². The number of fused-ring (bicyclic) bond motifs is 1. The fraction of sp³-hybridized carbons (Fsp3) is 0.273. The highest BCUT2D eigenvalue weighted by Crippen LogP contribution is 2.36. The van der Waals surface area contributed by atoms with E-state index in [4.69, 9.17) is 10.5 Å². The number of carbonyl (C=O) groups excluding carboxylic acids is 1. The van der Waals surface area contributed by atoms with Crippen LogP contribution in [0, 0.1) is 0 Å². The van der Waals surface area contributed by atoms with E-state index in [9.17, 15) is 4.79 Å². The van der Waals surface area contributed by atoms with Gasteiger partial charge in [0.05, 0.1) is 23.2 Å². The van der Waals surface area contributed by atoms with Gasteiger partial charge in [-0.1, -0.05) is 0 Å². The lowest BCUT2D eigenvalue weighted by molar-refractivity contribution is 0.100. The van der Waals surface area contributed by atoms with Crippen molar-refractivity contribution in [2.75, 3.05) is 6.61 Å². The van der Waals surface area contributed by atoms with Crippen LogP contribution in [0.5, 0.6) is 5.88 Å². The fourth-order valence-corrected chi connectivity index (χ4v) is 2.71. The average Bonchev–Trinajstić information content (AvgIpc) is 2.95. The first kappa shape index (κ1) is 10.3. The lowest BCUT2D eigenvalue weighted by atomic mass is 10.2. The molecule has 0 saturated carbocycles. The molecule has 0 aliphatic carbocycles. The van der Waals surface area contributed by atoms with E-state index in [0.29, 0.717) is 11.5 Å². The molecule has 17 heavy (non-hydrogen) atoms. The van der Waals surface area contributed by atoms with Gasteiger partial charge in [0.25, 0.3) is 5.91 Å². The van der Waals surface area contributed by atoms with Gasteiger partial charge >= 0.3 is 0 Å². The zero-order valence-electron chi connectivity index (χ0n) is 9.05. The van der Waals surface area contributed by atoms with Gasteiger partial charge in [-0.15, -0.1) is 11.3 Å². The van der Waals surface area contributed by atoms with Crippen molar-refractivity contribution in [1.82, 2.24) is 9.78 Å². The first-order chi connectivity index (χ1) is 8.25. The summed E-state index contributed by atoms with van der Waals surface area (Å²) in [5, 5.41) is 4.27. The van der Waals surface area contributed by atoms with Crippen LogP contribution in [0.3, 0.4) is 0 Å². The average molecular weight is 249 g/mol. The van der Waals surface area contributed by atoms with Crippen LogP contribution in [0.4, 0.5) is 0 Å². The second-order valence-corrected chi connectivity index (χ2v) is 4.90. The number of primary amides is 1. The van der Waals surface area contributed by atoms with Gasteiger partial charge in [0, 0.05) is 17.8 Å². The Hall–Kier alpha value is -1.82. The van der Waals surface area contributed by atoms with Crippen LogP contribution in [-0.2, 0) is 6.54 Å². The van der Waals surface area contributed by atoms with Crippen molar-refractivity contribution in [1.29, 1.82) is 0 Å². The molecule has 0 radical (unpaired) electrons. The molecule has 1 aliphatic rings. The zero-order valence-corrected chi connectivity index (χ0v) is 9.87. The quantitative estimate of drug-likeness (QED) is 0.876. The number of amides is 1. The molecule has 0 fully saturated rings. The standard InChI is InChI=1S/C11H11N3O2S/c12-10(15)9-3-2-8(17-9)7-6-13-14-4-1-5-16-11(7)14/h2-3,6H,1,4-5H2,(H2,12,15). The fourth-order valence-electron chi connectivity index (χ4n) is 1.85. The summed E-state index contributed by atoms with van der Waals surface area (Å²) in [5.74, 6) is 0.386. The van der Waals surface area contributed by atoms with E-state index >= 15 is 0 Å². The number of nitrogens with two attached hydrogens (primary N) is 1. The van der Waals surface area contributed by atoms with Crippen molar-refractivity contribution in [2.24, 2.45) is 5.73 Å². The number of rotatable bonds is 2. The van der Waals surface area contributed by atoms with E-state index in [1.807, 2.05) is 10.7 Å². The van der Waals surface area contributed by atoms with Gasteiger partial charge in [0.15, 0.2) is 0 Å². The van der Waals surface area contributed by atoms with Gasteiger partial charge in [0.2, 0.25) is 5.88 Å². The van der Waals surface area contributed by atoms with Gasteiger partial charge in [-0.3, -0.25) is 4.79 Å². The second-order valence-electron chi connectivity index (χ2n) is 3.82. The Bertz CT molecular complexity index is 573. The molecule has 5 nitrogen and oxygen atoms in total. The molecular formula is C11H11N3O2S. The number of aryl methyl sites for hydroxylation is 1. The molecule has 2 aromatic heterocycles. The molecule has 0 spiro atoms. The van der Waals surface area contributed by atoms with Gasteiger partial charge in [-0.05, 0) is 12.1 Å². The largest absolute Gasteiger partial charge is 0.477 e. The summed E-state index contributed by atoms with van der Waals surface area (Å²) in [7, 11) is 0. The lowest BCUT2D eigenvalue weighted by Gasteiger charge is -2.15. The zero-order chi connectivity index (χ0) is 11.8. The van der Waals surface area contributed by atoms with Crippen LogP contribution in [0.2, 0.25) is 0 Å². The SMILES string of the molecule is NC(=O)c1ccc(-c2cnn3c2OCCC3)s1. The molecular weight excluding hydrogens is 238 g/mol. The summed E-state index contributed by atoms with van der Waals surface area (Å²) in [6.45, 7) is 1.59. The Kier molecular flexibility index (Phi) is 2.36. The van der Waals surface area contributed by atoms with Crippen LogP contribution in [0.1, 0.15) is 16.1 Å². The molecule has 2 N–H and O–H groups in total. The number of hydrogen-bond acceptors (Lipinski definition) is 4. The van der Waals surface area contributed by atoms with Crippen LogP contribution in [0.15, 0.2) is 18.3 Å². The summed E-state index contributed by atoms with van der Waals surface area (Å²) in [6.07, 6.45) is 2.75. The van der Waals surface area contributed by atoms with Gasteiger partial charge in [-0.25, -0.2) is 4.68 Å². The van der Waals surface area contributed by atoms with Crippen molar-refractivity contribution in [3.05, 3.63) is 23.2 Å². The van der Waals surface area contributed by atoms with Crippen LogP contribution in [-0.4, -0.2) is 22.3 Å². The highest BCUT2D eigenvalue weighted by molar-refractivity contribution is 7.17.